The number of rotatable bonds is 6. The lowest BCUT2D eigenvalue weighted by molar-refractivity contribution is 0.751. The maximum atomic E-state index is 2.46. The summed E-state index contributed by atoms with van der Waals surface area (Å²) in [6.45, 7) is 0.0429. The highest BCUT2D eigenvalue weighted by molar-refractivity contribution is 6.99. The van der Waals surface area contributed by atoms with E-state index in [-0.39, 0.29) is 13.4 Å². The summed E-state index contributed by atoms with van der Waals surface area (Å²) >= 11 is 0. The van der Waals surface area contributed by atoms with E-state index in [0.717, 1.165) is 0 Å². The third-order valence-electron chi connectivity index (χ3n) is 15.9. The van der Waals surface area contributed by atoms with Crippen LogP contribution in [0.25, 0.3) is 32.3 Å². The zero-order valence-corrected chi connectivity index (χ0v) is 37.6. The smallest absolute Gasteiger partial charge is 0.0666 e. The highest BCUT2D eigenvalue weighted by atomic mass is 14.4. The Hall–Kier alpha value is -8.19. The molecule has 0 fully saturated rings. The van der Waals surface area contributed by atoms with Crippen molar-refractivity contribution in [3.05, 3.63) is 311 Å². The van der Waals surface area contributed by atoms with Crippen LogP contribution in [-0.4, -0.2) is 13.4 Å². The van der Waals surface area contributed by atoms with Crippen LogP contribution in [0.2, 0.25) is 0 Å². The minimum absolute atomic E-state index is 0.0215. The Labute approximate surface area is 398 Å². The second kappa shape index (κ2) is 15.2. The van der Waals surface area contributed by atoms with Gasteiger partial charge in [-0.2, -0.15) is 0 Å². The maximum Gasteiger partial charge on any atom is 0.242 e. The van der Waals surface area contributed by atoms with Crippen molar-refractivity contribution in [1.29, 1.82) is 0 Å². The molecular weight excluding hydrogens is 814 g/mol. The van der Waals surface area contributed by atoms with Crippen LogP contribution < -0.4 is 32.8 Å². The van der Waals surface area contributed by atoms with Gasteiger partial charge in [0.05, 0.1) is 10.8 Å². The molecule has 0 radical (unpaired) electrons. The van der Waals surface area contributed by atoms with Crippen molar-refractivity contribution in [3.63, 3.8) is 0 Å². The van der Waals surface area contributed by atoms with Gasteiger partial charge in [-0.3, -0.25) is 0 Å². The van der Waals surface area contributed by atoms with E-state index in [0.29, 0.717) is 0 Å². The molecule has 2 heterocycles. The van der Waals surface area contributed by atoms with Crippen molar-refractivity contribution < 1.29 is 0 Å². The van der Waals surface area contributed by atoms with Crippen molar-refractivity contribution in [2.75, 3.05) is 0 Å². The van der Waals surface area contributed by atoms with Crippen LogP contribution in [0, 0.1) is 0 Å². The largest absolute Gasteiger partial charge is 0.242 e. The second-order valence-corrected chi connectivity index (χ2v) is 18.9. The first-order chi connectivity index (χ1) is 33.8. The average molecular weight is 859 g/mol. The first kappa shape index (κ1) is 39.0. The van der Waals surface area contributed by atoms with E-state index in [1.165, 1.54) is 110 Å². The minimum atomic E-state index is -0.490. The number of benzene rings is 12. The van der Waals surface area contributed by atoms with Gasteiger partial charge in [-0.25, -0.2) is 0 Å². The summed E-state index contributed by atoms with van der Waals surface area (Å²) in [6, 6.07) is 101. The molecule has 0 aromatic heterocycles. The predicted octanol–water partition coefficient (Wildman–Crippen LogP) is 11.0. The van der Waals surface area contributed by atoms with Crippen LogP contribution in [0.15, 0.2) is 267 Å². The summed E-state index contributed by atoms with van der Waals surface area (Å²) in [5.74, 6) is 0. The van der Waals surface area contributed by atoms with Crippen molar-refractivity contribution in [3.8, 4) is 0 Å². The third kappa shape index (κ3) is 5.29. The molecule has 0 saturated heterocycles. The van der Waals surface area contributed by atoms with E-state index in [1.54, 1.807) is 0 Å². The Morgan fingerprint density at radius 1 is 0.206 bits per heavy atom. The van der Waals surface area contributed by atoms with E-state index in [2.05, 4.69) is 267 Å². The van der Waals surface area contributed by atoms with Crippen LogP contribution in [0.4, 0.5) is 0 Å². The van der Waals surface area contributed by atoms with Crippen molar-refractivity contribution in [1.82, 2.24) is 0 Å². The van der Waals surface area contributed by atoms with Gasteiger partial charge in [-0.15, -0.1) is 0 Å². The van der Waals surface area contributed by atoms with Crippen LogP contribution in [0.3, 0.4) is 0 Å². The summed E-state index contributed by atoms with van der Waals surface area (Å²) in [7, 11) is 0. The molecule has 0 saturated carbocycles. The van der Waals surface area contributed by atoms with Gasteiger partial charge in [0.2, 0.25) is 13.4 Å². The Balaban J connectivity index is 1.02. The molecule has 2 aliphatic heterocycles. The molecule has 12 aromatic rings. The summed E-state index contributed by atoms with van der Waals surface area (Å²) in [4.78, 5) is 0. The Kier molecular flexibility index (Phi) is 8.71. The number of hydrogen-bond acceptors (Lipinski definition) is 0. The van der Waals surface area contributed by atoms with Crippen molar-refractivity contribution in [2.45, 2.75) is 10.8 Å². The molecule has 68 heavy (non-hydrogen) atoms. The van der Waals surface area contributed by atoms with E-state index in [1.807, 2.05) is 0 Å². The molecule has 314 valence electrons. The SMILES string of the molecule is c1ccc(C2(c3ccccc3)c3ccccc3B(c3ccc4ccc5ccc(B6c7ccccc7C(c7ccccc7)(c7ccccc7)c7ccccc76)c6ccc3c4c56)c3ccccc32)cc1. The van der Waals surface area contributed by atoms with Crippen LogP contribution in [-0.2, 0) is 10.8 Å². The molecule has 14 rings (SSSR count). The first-order valence-corrected chi connectivity index (χ1v) is 24.1. The van der Waals surface area contributed by atoms with Gasteiger partial charge < -0.3 is 0 Å². The lowest BCUT2D eigenvalue weighted by Gasteiger charge is -2.45. The van der Waals surface area contributed by atoms with Gasteiger partial charge in [-0.1, -0.05) is 300 Å². The Morgan fingerprint density at radius 3 is 0.750 bits per heavy atom. The number of fused-ring (bicyclic) bond motifs is 4. The Bertz CT molecular complexity index is 3430. The molecule has 0 atom stereocenters. The zero-order chi connectivity index (χ0) is 44.8. The molecule has 0 bridgehead atoms. The summed E-state index contributed by atoms with van der Waals surface area (Å²) in [6.07, 6.45) is 0. The highest BCUT2D eigenvalue weighted by Gasteiger charge is 2.49. The fraction of sp³-hybridized carbons (Fsp3) is 0.0303. The monoisotopic (exact) mass is 858 g/mol. The molecule has 12 aromatic carbocycles. The van der Waals surface area contributed by atoms with Gasteiger partial charge in [0.1, 0.15) is 0 Å². The molecule has 0 unspecified atom stereocenters. The third-order valence-corrected chi connectivity index (χ3v) is 15.9. The number of hydrogen-bond donors (Lipinski definition) is 0. The normalized spacial score (nSPS) is 14.4. The van der Waals surface area contributed by atoms with Gasteiger partial charge in [0, 0.05) is 0 Å². The molecule has 2 aliphatic rings. The van der Waals surface area contributed by atoms with Crippen molar-refractivity contribution >= 4 is 78.5 Å². The van der Waals surface area contributed by atoms with E-state index in [4.69, 9.17) is 0 Å². The van der Waals surface area contributed by atoms with Gasteiger partial charge in [-0.05, 0) is 76.8 Å². The van der Waals surface area contributed by atoms with Crippen molar-refractivity contribution in [2.24, 2.45) is 0 Å². The van der Waals surface area contributed by atoms with E-state index >= 15 is 0 Å². The zero-order valence-electron chi connectivity index (χ0n) is 37.6. The van der Waals surface area contributed by atoms with Gasteiger partial charge >= 0.3 is 0 Å². The van der Waals surface area contributed by atoms with Gasteiger partial charge in [0.15, 0.2) is 0 Å². The summed E-state index contributed by atoms with van der Waals surface area (Å²) in [5.41, 5.74) is 17.6. The maximum absolute atomic E-state index is 2.46. The minimum Gasteiger partial charge on any atom is -0.0666 e. The molecule has 0 aliphatic carbocycles. The quantitative estimate of drug-likeness (QED) is 0.115. The predicted molar refractivity (Wildman–Crippen MR) is 289 cm³/mol. The lowest BCUT2D eigenvalue weighted by atomic mass is 9.30. The molecule has 0 spiro atoms. The summed E-state index contributed by atoms with van der Waals surface area (Å²) < 4.78 is 0. The molecule has 0 amide bonds. The van der Waals surface area contributed by atoms with Crippen LogP contribution in [0.5, 0.6) is 0 Å². The highest BCUT2D eigenvalue weighted by Crippen LogP contribution is 2.48. The van der Waals surface area contributed by atoms with Crippen LogP contribution in [0.1, 0.15) is 44.5 Å². The topological polar surface area (TPSA) is 0 Å². The molecule has 0 nitrogen and oxygen atoms in total. The standard InChI is InChI=1S/C66H44B2/c1-5-21-47(22-6-1)65(48-23-7-2-8-24-48)53-29-13-17-33-59(53)67(60-34-18-14-30-54(60)65)57-43-39-45-37-38-46-40-44-58(52-42-41-51(57)63(45)64(46)52)68-61-35-19-15-31-55(61)66(49-25-9-3-10-26-49,50-27-11-4-12-28-50)56-32-16-20-36-62(56)68/h1-44H. The molecule has 0 N–H and O–H groups in total. The fourth-order valence-electron chi connectivity index (χ4n) is 13.3. The fourth-order valence-corrected chi connectivity index (χ4v) is 13.3. The van der Waals surface area contributed by atoms with E-state index < -0.39 is 10.8 Å². The molecular formula is C66H44B2. The second-order valence-electron chi connectivity index (χ2n) is 18.9. The van der Waals surface area contributed by atoms with Gasteiger partial charge in [0.25, 0.3) is 0 Å². The Morgan fingerprint density at radius 2 is 0.456 bits per heavy atom. The average Bonchev–Trinajstić information content (AvgIpc) is 3.42. The lowest BCUT2D eigenvalue weighted by Crippen LogP contribution is -2.62. The first-order valence-electron chi connectivity index (χ1n) is 24.1. The van der Waals surface area contributed by atoms with E-state index in [9.17, 15) is 0 Å². The van der Waals surface area contributed by atoms with Crippen LogP contribution >= 0.6 is 0 Å². The molecule has 2 heteroatoms. The summed E-state index contributed by atoms with van der Waals surface area (Å²) in [5, 5.41) is 7.87.